The van der Waals surface area contributed by atoms with Gasteiger partial charge in [-0.3, -0.25) is 9.80 Å². The molecule has 1 aliphatic heterocycles. The molecule has 0 bridgehead atoms. The molecule has 0 saturated carbocycles. The monoisotopic (exact) mass is 254 g/mol. The maximum Gasteiger partial charge on any atom is 0.490 e. The van der Waals surface area contributed by atoms with Crippen LogP contribution >= 0.6 is 0 Å². The van der Waals surface area contributed by atoms with Gasteiger partial charge in [0.25, 0.3) is 5.91 Å². The number of carbonyl (C=O) groups is 2. The molecule has 0 atom stereocenters. The number of rotatable bonds is 3. The van der Waals surface area contributed by atoms with Crippen LogP contribution in [0.4, 0.5) is 13.2 Å². The van der Waals surface area contributed by atoms with Gasteiger partial charge in [0.05, 0.1) is 0 Å². The third-order valence-electron chi connectivity index (χ3n) is 2.43. The highest BCUT2D eigenvalue weighted by Crippen LogP contribution is 2.16. The largest absolute Gasteiger partial charge is 0.490 e. The molecule has 17 heavy (non-hydrogen) atoms. The van der Waals surface area contributed by atoms with Gasteiger partial charge < -0.3 is 4.74 Å². The molecule has 1 saturated heterocycles. The average molecular weight is 254 g/mol. The summed E-state index contributed by atoms with van der Waals surface area (Å²) >= 11 is 0. The Hall–Kier alpha value is -1.31. The molecule has 0 unspecified atom stereocenters. The van der Waals surface area contributed by atoms with E-state index >= 15 is 0 Å². The topological polar surface area (TPSA) is 49.9 Å². The summed E-state index contributed by atoms with van der Waals surface area (Å²) in [6, 6.07) is 0. The van der Waals surface area contributed by atoms with E-state index in [0.717, 1.165) is 12.8 Å². The van der Waals surface area contributed by atoms with Crippen molar-refractivity contribution >= 4 is 11.9 Å². The van der Waals surface area contributed by atoms with Crippen LogP contribution in [0.5, 0.6) is 0 Å². The lowest BCUT2D eigenvalue weighted by Crippen LogP contribution is -2.44. The molecule has 1 aliphatic rings. The molecule has 0 aromatic carbocycles. The summed E-state index contributed by atoms with van der Waals surface area (Å²) < 4.78 is 39.2. The Labute approximate surface area is 96.1 Å². The van der Waals surface area contributed by atoms with Gasteiger partial charge in [-0.1, -0.05) is 0 Å². The van der Waals surface area contributed by atoms with E-state index in [1.165, 1.54) is 12.1 Å². The number of hydrogen-bond donors (Lipinski definition) is 0. The Morgan fingerprint density at radius 2 is 1.82 bits per heavy atom. The summed E-state index contributed by atoms with van der Waals surface area (Å²) in [5.74, 6) is -3.02. The predicted octanol–water partition coefficient (Wildman–Crippen LogP) is 0.561. The van der Waals surface area contributed by atoms with E-state index in [1.54, 1.807) is 5.01 Å². The molecular weight excluding hydrogens is 241 g/mol. The van der Waals surface area contributed by atoms with Crippen LogP contribution in [0.1, 0.15) is 12.8 Å². The number of nitrogens with zero attached hydrogens (tertiary/aromatic N) is 2. The fraction of sp³-hybridized carbons (Fsp3) is 0.778. The standard InChI is InChI=1S/C9H13F3N2O3/c1-13(14-4-2-3-5-14)7(15)6-17-8(16)9(10,11)12/h2-6H2,1H3. The van der Waals surface area contributed by atoms with E-state index in [-0.39, 0.29) is 0 Å². The lowest BCUT2D eigenvalue weighted by atomic mass is 10.4. The van der Waals surface area contributed by atoms with Crippen molar-refractivity contribution in [2.75, 3.05) is 26.7 Å². The van der Waals surface area contributed by atoms with Crippen LogP contribution in [0.3, 0.4) is 0 Å². The highest BCUT2D eigenvalue weighted by atomic mass is 19.4. The molecule has 1 heterocycles. The quantitative estimate of drug-likeness (QED) is 0.690. The molecule has 0 spiro atoms. The van der Waals surface area contributed by atoms with Crippen molar-refractivity contribution in [1.29, 1.82) is 0 Å². The summed E-state index contributed by atoms with van der Waals surface area (Å²) in [7, 11) is 1.44. The summed E-state index contributed by atoms with van der Waals surface area (Å²) in [5.41, 5.74) is 0. The van der Waals surface area contributed by atoms with Gasteiger partial charge in [-0.2, -0.15) is 13.2 Å². The number of hydrogen-bond acceptors (Lipinski definition) is 4. The third-order valence-corrected chi connectivity index (χ3v) is 2.43. The van der Waals surface area contributed by atoms with Crippen molar-refractivity contribution in [3.63, 3.8) is 0 Å². The second-order valence-corrected chi connectivity index (χ2v) is 3.65. The van der Waals surface area contributed by atoms with Crippen LogP contribution < -0.4 is 0 Å². The maximum atomic E-state index is 11.8. The highest BCUT2D eigenvalue weighted by molar-refractivity contribution is 5.82. The summed E-state index contributed by atoms with van der Waals surface area (Å²) in [5, 5.41) is 2.89. The van der Waals surface area contributed by atoms with Crippen molar-refractivity contribution in [3.05, 3.63) is 0 Å². The van der Waals surface area contributed by atoms with Gasteiger partial charge >= 0.3 is 12.1 Å². The predicted molar refractivity (Wildman–Crippen MR) is 50.6 cm³/mol. The van der Waals surface area contributed by atoms with E-state index in [1.807, 2.05) is 0 Å². The number of esters is 1. The first-order chi connectivity index (χ1) is 7.82. The number of hydrazine groups is 1. The number of halogens is 3. The minimum absolute atomic E-state index is 0.676. The minimum Gasteiger partial charge on any atom is -0.449 e. The Balaban J connectivity index is 2.36. The van der Waals surface area contributed by atoms with Gasteiger partial charge in [0.2, 0.25) is 0 Å². The summed E-state index contributed by atoms with van der Waals surface area (Å²) in [4.78, 5) is 21.8. The van der Waals surface area contributed by atoms with Crippen molar-refractivity contribution in [2.45, 2.75) is 19.0 Å². The molecule has 0 N–H and O–H groups in total. The SMILES string of the molecule is CN(C(=O)COC(=O)C(F)(F)F)N1CCCC1. The Morgan fingerprint density at radius 1 is 1.29 bits per heavy atom. The molecule has 1 fully saturated rings. The number of alkyl halides is 3. The molecule has 0 radical (unpaired) electrons. The van der Waals surface area contributed by atoms with Crippen molar-refractivity contribution in [3.8, 4) is 0 Å². The average Bonchev–Trinajstić information content (AvgIpc) is 2.76. The zero-order chi connectivity index (χ0) is 13.1. The van der Waals surface area contributed by atoms with Gasteiger partial charge in [-0.05, 0) is 12.8 Å². The van der Waals surface area contributed by atoms with Crippen LogP contribution in [0.15, 0.2) is 0 Å². The van der Waals surface area contributed by atoms with E-state index in [9.17, 15) is 22.8 Å². The normalized spacial score (nSPS) is 16.9. The summed E-state index contributed by atoms with van der Waals surface area (Å²) in [6.45, 7) is 0.455. The number of amides is 1. The Bertz CT molecular complexity index is 300. The Morgan fingerprint density at radius 3 is 2.29 bits per heavy atom. The molecule has 0 aliphatic carbocycles. The number of ether oxygens (including phenoxy) is 1. The van der Waals surface area contributed by atoms with E-state index in [0.29, 0.717) is 13.1 Å². The second kappa shape index (κ2) is 5.35. The highest BCUT2D eigenvalue weighted by Gasteiger charge is 2.41. The van der Waals surface area contributed by atoms with Crippen LogP contribution in [-0.2, 0) is 14.3 Å². The fourth-order valence-electron chi connectivity index (χ4n) is 1.46. The zero-order valence-electron chi connectivity index (χ0n) is 9.29. The first kappa shape index (κ1) is 13.8. The third kappa shape index (κ3) is 3.88. The minimum atomic E-state index is -5.06. The molecule has 5 nitrogen and oxygen atoms in total. The smallest absolute Gasteiger partial charge is 0.449 e. The van der Waals surface area contributed by atoms with Crippen LogP contribution in [0, 0.1) is 0 Å². The number of likely N-dealkylation sites (N-methyl/N-ethyl adjacent to an activating group) is 1. The van der Waals surface area contributed by atoms with Crippen LogP contribution in [-0.4, -0.2) is 54.8 Å². The first-order valence-corrected chi connectivity index (χ1v) is 5.07. The van der Waals surface area contributed by atoms with Crippen LogP contribution in [0.25, 0.3) is 0 Å². The van der Waals surface area contributed by atoms with Crippen molar-refractivity contribution < 1.29 is 27.5 Å². The van der Waals surface area contributed by atoms with E-state index < -0.39 is 24.7 Å². The lowest BCUT2D eigenvalue weighted by molar-refractivity contribution is -0.201. The molecule has 0 aromatic rings. The number of carbonyl (C=O) groups excluding carboxylic acids is 2. The molecule has 1 amide bonds. The van der Waals surface area contributed by atoms with Gasteiger partial charge in [-0.25, -0.2) is 9.80 Å². The van der Waals surface area contributed by atoms with Crippen LogP contribution in [0.2, 0.25) is 0 Å². The first-order valence-electron chi connectivity index (χ1n) is 5.07. The Kier molecular flexibility index (Phi) is 4.33. The molecule has 1 rings (SSSR count). The van der Waals surface area contributed by atoms with Gasteiger partial charge in [0, 0.05) is 20.1 Å². The van der Waals surface area contributed by atoms with Gasteiger partial charge in [0.1, 0.15) is 0 Å². The lowest BCUT2D eigenvalue weighted by Gasteiger charge is -2.27. The van der Waals surface area contributed by atoms with E-state index in [4.69, 9.17) is 0 Å². The summed E-state index contributed by atoms with van der Waals surface area (Å²) in [6.07, 6.45) is -3.20. The molecule has 8 heteroatoms. The van der Waals surface area contributed by atoms with E-state index in [2.05, 4.69) is 4.74 Å². The molecule has 98 valence electrons. The van der Waals surface area contributed by atoms with Crippen molar-refractivity contribution in [1.82, 2.24) is 10.0 Å². The molecule has 0 aromatic heterocycles. The molecular formula is C9H13F3N2O3. The van der Waals surface area contributed by atoms with Gasteiger partial charge in [0.15, 0.2) is 6.61 Å². The van der Waals surface area contributed by atoms with Crippen molar-refractivity contribution in [2.24, 2.45) is 0 Å². The van der Waals surface area contributed by atoms with Gasteiger partial charge in [-0.15, -0.1) is 0 Å². The zero-order valence-corrected chi connectivity index (χ0v) is 9.29. The second-order valence-electron chi connectivity index (χ2n) is 3.65. The fourth-order valence-corrected chi connectivity index (χ4v) is 1.46. The maximum absolute atomic E-state index is 11.8.